The van der Waals surface area contributed by atoms with Crippen LogP contribution in [0.1, 0.15) is 60.3 Å². The predicted octanol–water partition coefficient (Wildman–Crippen LogP) is 3.56. The van der Waals surface area contributed by atoms with Crippen LogP contribution in [0, 0.1) is 0 Å². The molecule has 0 saturated carbocycles. The Balaban J connectivity index is 1.82. The van der Waals surface area contributed by atoms with Crippen molar-refractivity contribution in [3.8, 4) is 0 Å². The molecule has 3 nitrogen and oxygen atoms in total. The average Bonchev–Trinajstić information content (AvgIpc) is 2.67. The van der Waals surface area contributed by atoms with Crippen LogP contribution in [0.3, 0.4) is 0 Å². The number of hydrogen-bond donors (Lipinski definition) is 1. The van der Waals surface area contributed by atoms with E-state index in [-0.39, 0.29) is 12.0 Å². The van der Waals surface area contributed by atoms with Gasteiger partial charge in [-0.2, -0.15) is 0 Å². The molecule has 0 saturated heterocycles. The Hall–Kier alpha value is -0.870. The van der Waals surface area contributed by atoms with Gasteiger partial charge in [0.15, 0.2) is 0 Å². The topological polar surface area (TPSA) is 38.3 Å². The van der Waals surface area contributed by atoms with E-state index in [2.05, 4.69) is 5.32 Å². The molecule has 1 N–H and O–H groups in total. The minimum Gasteiger partial charge on any atom is -0.379 e. The largest absolute Gasteiger partial charge is 0.379 e. The molecule has 1 aromatic heterocycles. The van der Waals surface area contributed by atoms with E-state index in [0.29, 0.717) is 13.2 Å². The molecule has 0 aliphatic heterocycles. The lowest BCUT2D eigenvalue weighted by Gasteiger charge is -2.09. The third-order valence-electron chi connectivity index (χ3n) is 3.61. The Labute approximate surface area is 125 Å². The SMILES string of the molecule is CC(C)OCCCNC(=O)c1csc2c1CCCCC2. The highest BCUT2D eigenvalue weighted by atomic mass is 32.1. The van der Waals surface area contributed by atoms with Gasteiger partial charge in [-0.3, -0.25) is 4.79 Å². The number of hydrogen-bond acceptors (Lipinski definition) is 3. The average molecular weight is 295 g/mol. The number of thiophene rings is 1. The Kier molecular flexibility index (Phi) is 6.05. The van der Waals surface area contributed by atoms with Crippen molar-refractivity contribution in [1.82, 2.24) is 5.32 Å². The summed E-state index contributed by atoms with van der Waals surface area (Å²) in [6.07, 6.45) is 7.12. The minimum atomic E-state index is 0.0916. The van der Waals surface area contributed by atoms with Crippen molar-refractivity contribution in [2.45, 2.75) is 58.5 Å². The van der Waals surface area contributed by atoms with Crippen molar-refractivity contribution in [1.29, 1.82) is 0 Å². The number of amides is 1. The molecule has 0 aromatic carbocycles. The van der Waals surface area contributed by atoms with E-state index in [0.717, 1.165) is 24.8 Å². The van der Waals surface area contributed by atoms with Gasteiger partial charge in [0.2, 0.25) is 0 Å². The lowest BCUT2D eigenvalue weighted by Crippen LogP contribution is -2.26. The number of ether oxygens (including phenoxy) is 1. The van der Waals surface area contributed by atoms with Gasteiger partial charge in [0, 0.05) is 23.4 Å². The third kappa shape index (κ3) is 4.32. The molecule has 0 bridgehead atoms. The highest BCUT2D eigenvalue weighted by Gasteiger charge is 2.18. The zero-order chi connectivity index (χ0) is 14.4. The normalized spacial score (nSPS) is 14.9. The second-order valence-electron chi connectivity index (χ2n) is 5.64. The zero-order valence-corrected chi connectivity index (χ0v) is 13.4. The molecule has 20 heavy (non-hydrogen) atoms. The van der Waals surface area contributed by atoms with Crippen LogP contribution in [0.25, 0.3) is 0 Å². The molecule has 1 aromatic rings. The van der Waals surface area contributed by atoms with Crippen LogP contribution in [0.15, 0.2) is 5.38 Å². The van der Waals surface area contributed by atoms with Crippen molar-refractivity contribution in [3.05, 3.63) is 21.4 Å². The first-order valence-electron chi connectivity index (χ1n) is 7.67. The second-order valence-corrected chi connectivity index (χ2v) is 6.60. The molecule has 1 aliphatic rings. The summed E-state index contributed by atoms with van der Waals surface area (Å²) in [6.45, 7) is 5.45. The fourth-order valence-electron chi connectivity index (χ4n) is 2.55. The number of rotatable bonds is 6. The maximum atomic E-state index is 12.2. The van der Waals surface area contributed by atoms with E-state index in [1.165, 1.54) is 29.7 Å². The van der Waals surface area contributed by atoms with Gasteiger partial charge in [0.1, 0.15) is 0 Å². The van der Waals surface area contributed by atoms with E-state index in [9.17, 15) is 4.79 Å². The lowest BCUT2D eigenvalue weighted by molar-refractivity contribution is 0.0757. The van der Waals surface area contributed by atoms with Crippen molar-refractivity contribution in [2.24, 2.45) is 0 Å². The highest BCUT2D eigenvalue weighted by Crippen LogP contribution is 2.29. The van der Waals surface area contributed by atoms with Gasteiger partial charge in [-0.25, -0.2) is 0 Å². The molecule has 2 rings (SSSR count). The van der Waals surface area contributed by atoms with Crippen LogP contribution in [0.5, 0.6) is 0 Å². The maximum absolute atomic E-state index is 12.2. The molecule has 112 valence electrons. The summed E-state index contributed by atoms with van der Waals surface area (Å²) >= 11 is 1.76. The molecule has 0 radical (unpaired) electrons. The quantitative estimate of drug-likeness (QED) is 0.643. The Bertz CT molecular complexity index is 440. The van der Waals surface area contributed by atoms with Gasteiger partial charge in [-0.15, -0.1) is 11.3 Å². The van der Waals surface area contributed by atoms with Gasteiger partial charge in [-0.1, -0.05) is 6.42 Å². The number of aryl methyl sites for hydroxylation is 1. The standard InChI is InChI=1S/C16H25NO2S/c1-12(2)19-10-6-9-17-16(18)14-11-20-15-8-5-3-4-7-13(14)15/h11-12H,3-10H2,1-2H3,(H,17,18). The van der Waals surface area contributed by atoms with Gasteiger partial charge >= 0.3 is 0 Å². The molecular weight excluding hydrogens is 270 g/mol. The highest BCUT2D eigenvalue weighted by molar-refractivity contribution is 7.10. The first kappa shape index (κ1) is 15.5. The van der Waals surface area contributed by atoms with E-state index < -0.39 is 0 Å². The zero-order valence-electron chi connectivity index (χ0n) is 12.5. The van der Waals surface area contributed by atoms with Crippen LogP contribution in [-0.4, -0.2) is 25.2 Å². The minimum absolute atomic E-state index is 0.0916. The smallest absolute Gasteiger partial charge is 0.252 e. The van der Waals surface area contributed by atoms with Crippen LogP contribution in [-0.2, 0) is 17.6 Å². The molecule has 0 atom stereocenters. The van der Waals surface area contributed by atoms with Crippen molar-refractivity contribution in [3.63, 3.8) is 0 Å². The first-order chi connectivity index (χ1) is 9.68. The number of carbonyl (C=O) groups is 1. The molecule has 1 heterocycles. The van der Waals surface area contributed by atoms with Crippen LogP contribution in [0.2, 0.25) is 0 Å². The van der Waals surface area contributed by atoms with E-state index >= 15 is 0 Å². The Morgan fingerprint density at radius 3 is 2.95 bits per heavy atom. The van der Waals surface area contributed by atoms with Crippen LogP contribution >= 0.6 is 11.3 Å². The van der Waals surface area contributed by atoms with Crippen LogP contribution < -0.4 is 5.32 Å². The summed E-state index contributed by atoms with van der Waals surface area (Å²) < 4.78 is 5.47. The van der Waals surface area contributed by atoms with E-state index in [1.807, 2.05) is 19.2 Å². The molecule has 1 aliphatic carbocycles. The summed E-state index contributed by atoms with van der Waals surface area (Å²) in [7, 11) is 0. The summed E-state index contributed by atoms with van der Waals surface area (Å²) in [6, 6.07) is 0. The number of carbonyl (C=O) groups excluding carboxylic acids is 1. The van der Waals surface area contributed by atoms with Gasteiger partial charge in [0.25, 0.3) is 5.91 Å². The van der Waals surface area contributed by atoms with Crippen molar-refractivity contribution >= 4 is 17.2 Å². The molecular formula is C16H25NO2S. The summed E-state index contributed by atoms with van der Waals surface area (Å²) in [5, 5.41) is 5.05. The molecule has 0 spiro atoms. The monoisotopic (exact) mass is 295 g/mol. The van der Waals surface area contributed by atoms with Gasteiger partial charge in [-0.05, 0) is 51.5 Å². The van der Waals surface area contributed by atoms with Crippen LogP contribution in [0.4, 0.5) is 0 Å². The summed E-state index contributed by atoms with van der Waals surface area (Å²) in [4.78, 5) is 13.7. The lowest BCUT2D eigenvalue weighted by atomic mass is 10.1. The maximum Gasteiger partial charge on any atom is 0.252 e. The Morgan fingerprint density at radius 2 is 2.15 bits per heavy atom. The predicted molar refractivity (Wildman–Crippen MR) is 83.6 cm³/mol. The van der Waals surface area contributed by atoms with Crippen molar-refractivity contribution < 1.29 is 9.53 Å². The van der Waals surface area contributed by atoms with Crippen molar-refractivity contribution in [2.75, 3.05) is 13.2 Å². The fourth-order valence-corrected chi connectivity index (χ4v) is 3.68. The summed E-state index contributed by atoms with van der Waals surface area (Å²) in [5.41, 5.74) is 2.22. The Morgan fingerprint density at radius 1 is 1.35 bits per heavy atom. The number of nitrogens with one attached hydrogen (secondary N) is 1. The van der Waals surface area contributed by atoms with Gasteiger partial charge in [0.05, 0.1) is 11.7 Å². The third-order valence-corrected chi connectivity index (χ3v) is 4.70. The van der Waals surface area contributed by atoms with E-state index in [4.69, 9.17) is 4.74 Å². The first-order valence-corrected chi connectivity index (χ1v) is 8.55. The van der Waals surface area contributed by atoms with E-state index in [1.54, 1.807) is 11.3 Å². The molecule has 4 heteroatoms. The summed E-state index contributed by atoms with van der Waals surface area (Å²) in [5.74, 6) is 0.0916. The van der Waals surface area contributed by atoms with Gasteiger partial charge < -0.3 is 10.1 Å². The fraction of sp³-hybridized carbons (Fsp3) is 0.688. The molecule has 0 unspecified atom stereocenters. The molecule has 1 amide bonds. The number of fused-ring (bicyclic) bond motifs is 1. The second kappa shape index (κ2) is 7.79. The molecule has 0 fully saturated rings.